The molecular weight excluding hydrogens is 252 g/mol. The smallest absolute Gasteiger partial charge is 0.146 e. The lowest BCUT2D eigenvalue weighted by Crippen LogP contribution is -2.08. The predicted octanol–water partition coefficient (Wildman–Crippen LogP) is 4.82. The van der Waals surface area contributed by atoms with Crippen molar-refractivity contribution in [2.45, 2.75) is 26.8 Å². The zero-order valence-electron chi connectivity index (χ0n) is 10.6. The largest absolute Gasteiger partial charge is 0.375 e. The van der Waals surface area contributed by atoms with Crippen molar-refractivity contribution in [3.63, 3.8) is 0 Å². The van der Waals surface area contributed by atoms with Crippen LogP contribution in [0.15, 0.2) is 23.6 Å². The van der Waals surface area contributed by atoms with Gasteiger partial charge in [0.15, 0.2) is 0 Å². The summed E-state index contributed by atoms with van der Waals surface area (Å²) in [7, 11) is 0. The van der Waals surface area contributed by atoms with Crippen LogP contribution in [0.3, 0.4) is 0 Å². The summed E-state index contributed by atoms with van der Waals surface area (Å²) in [4.78, 5) is 1.13. The Hall–Kier alpha value is -1.42. The van der Waals surface area contributed by atoms with Gasteiger partial charge in [-0.3, -0.25) is 0 Å². The lowest BCUT2D eigenvalue weighted by Gasteiger charge is -2.16. The molecule has 0 aliphatic rings. The lowest BCUT2D eigenvalue weighted by atomic mass is 10.1. The summed E-state index contributed by atoms with van der Waals surface area (Å²) in [5.74, 6) is -0.816. The number of rotatable bonds is 3. The van der Waals surface area contributed by atoms with Crippen LogP contribution in [0, 0.1) is 25.5 Å². The summed E-state index contributed by atoms with van der Waals surface area (Å²) in [6.07, 6.45) is 0. The SMILES string of the molecule is Cc1cc(F)c(NC(C)c2sccc2C)cc1F. The van der Waals surface area contributed by atoms with Crippen molar-refractivity contribution < 1.29 is 8.78 Å². The van der Waals surface area contributed by atoms with Gasteiger partial charge in [-0.1, -0.05) is 0 Å². The molecule has 0 saturated heterocycles. The summed E-state index contributed by atoms with van der Waals surface area (Å²) >= 11 is 1.61. The van der Waals surface area contributed by atoms with Gasteiger partial charge in [-0.15, -0.1) is 11.3 Å². The van der Waals surface area contributed by atoms with E-state index in [0.717, 1.165) is 10.4 Å². The van der Waals surface area contributed by atoms with Crippen molar-refractivity contribution in [1.82, 2.24) is 0 Å². The summed E-state index contributed by atoms with van der Waals surface area (Å²) in [6.45, 7) is 5.50. The van der Waals surface area contributed by atoms with Crippen LogP contribution in [0.1, 0.15) is 29.0 Å². The molecule has 2 rings (SSSR count). The average molecular weight is 267 g/mol. The first-order valence-electron chi connectivity index (χ1n) is 5.75. The molecule has 0 spiro atoms. The molecular formula is C14H15F2NS. The van der Waals surface area contributed by atoms with Gasteiger partial charge in [0.05, 0.1) is 11.7 Å². The molecule has 0 amide bonds. The maximum absolute atomic E-state index is 13.7. The molecule has 18 heavy (non-hydrogen) atoms. The van der Waals surface area contributed by atoms with E-state index < -0.39 is 11.6 Å². The molecule has 96 valence electrons. The fourth-order valence-corrected chi connectivity index (χ4v) is 2.82. The number of hydrogen-bond acceptors (Lipinski definition) is 2. The van der Waals surface area contributed by atoms with Gasteiger partial charge in [0.25, 0.3) is 0 Å². The quantitative estimate of drug-likeness (QED) is 0.841. The first-order valence-corrected chi connectivity index (χ1v) is 6.63. The van der Waals surface area contributed by atoms with E-state index in [9.17, 15) is 8.78 Å². The van der Waals surface area contributed by atoms with E-state index >= 15 is 0 Å². The molecule has 1 N–H and O–H groups in total. The first kappa shape index (κ1) is 13.0. The van der Waals surface area contributed by atoms with Crippen molar-refractivity contribution in [3.05, 3.63) is 51.2 Å². The van der Waals surface area contributed by atoms with Gasteiger partial charge in [0.2, 0.25) is 0 Å². The van der Waals surface area contributed by atoms with E-state index in [0.29, 0.717) is 5.56 Å². The molecule has 4 heteroatoms. The van der Waals surface area contributed by atoms with Gasteiger partial charge in [-0.2, -0.15) is 0 Å². The van der Waals surface area contributed by atoms with Gasteiger partial charge in [-0.05, 0) is 49.4 Å². The minimum absolute atomic E-state index is 0.0402. The lowest BCUT2D eigenvalue weighted by molar-refractivity contribution is 0.593. The minimum atomic E-state index is -0.421. The molecule has 2 aromatic rings. The molecule has 1 atom stereocenters. The van der Waals surface area contributed by atoms with Gasteiger partial charge >= 0.3 is 0 Å². The Morgan fingerprint density at radius 3 is 2.44 bits per heavy atom. The molecule has 1 aromatic carbocycles. The van der Waals surface area contributed by atoms with Crippen molar-refractivity contribution in [3.8, 4) is 0 Å². The zero-order chi connectivity index (χ0) is 13.3. The van der Waals surface area contributed by atoms with Gasteiger partial charge in [0, 0.05) is 10.9 Å². The fourth-order valence-electron chi connectivity index (χ4n) is 1.88. The number of halogens is 2. The zero-order valence-corrected chi connectivity index (χ0v) is 11.4. The second-order valence-corrected chi connectivity index (χ2v) is 5.36. The van der Waals surface area contributed by atoms with Gasteiger partial charge in [0.1, 0.15) is 11.6 Å². The van der Waals surface area contributed by atoms with Crippen LogP contribution in [0.5, 0.6) is 0 Å². The molecule has 0 aliphatic carbocycles. The van der Waals surface area contributed by atoms with Crippen LogP contribution >= 0.6 is 11.3 Å². The van der Waals surface area contributed by atoms with E-state index in [4.69, 9.17) is 0 Å². The topological polar surface area (TPSA) is 12.0 Å². The second kappa shape index (κ2) is 5.06. The van der Waals surface area contributed by atoms with Crippen LogP contribution in [0.4, 0.5) is 14.5 Å². The third-order valence-corrected chi connectivity index (χ3v) is 4.12. The maximum atomic E-state index is 13.7. The first-order chi connectivity index (χ1) is 8.49. The van der Waals surface area contributed by atoms with E-state index in [1.165, 1.54) is 12.1 Å². The van der Waals surface area contributed by atoms with Gasteiger partial charge in [-0.25, -0.2) is 8.78 Å². The predicted molar refractivity (Wildman–Crippen MR) is 72.2 cm³/mol. The molecule has 1 unspecified atom stereocenters. The minimum Gasteiger partial charge on any atom is -0.375 e. The summed E-state index contributed by atoms with van der Waals surface area (Å²) < 4.78 is 27.1. The van der Waals surface area contributed by atoms with Crippen LogP contribution in [0.25, 0.3) is 0 Å². The van der Waals surface area contributed by atoms with E-state index in [1.807, 2.05) is 25.3 Å². The molecule has 1 aromatic heterocycles. The Morgan fingerprint density at radius 2 is 1.83 bits per heavy atom. The number of anilines is 1. The number of thiophene rings is 1. The van der Waals surface area contributed by atoms with Crippen molar-refractivity contribution in [1.29, 1.82) is 0 Å². The number of nitrogens with one attached hydrogen (secondary N) is 1. The Labute approximate surface area is 109 Å². The molecule has 0 bridgehead atoms. The Kier molecular flexibility index (Phi) is 3.66. The third-order valence-electron chi connectivity index (χ3n) is 2.92. The molecule has 1 nitrogen and oxygen atoms in total. The Balaban J connectivity index is 2.24. The highest BCUT2D eigenvalue weighted by Crippen LogP contribution is 2.28. The summed E-state index contributed by atoms with van der Waals surface area (Å²) in [5.41, 5.74) is 1.68. The van der Waals surface area contributed by atoms with E-state index in [2.05, 4.69) is 5.32 Å². The molecule has 0 fully saturated rings. The average Bonchev–Trinajstić information content (AvgIpc) is 2.72. The third kappa shape index (κ3) is 2.53. The van der Waals surface area contributed by atoms with Crippen molar-refractivity contribution in [2.75, 3.05) is 5.32 Å². The number of benzene rings is 1. The Morgan fingerprint density at radius 1 is 1.11 bits per heavy atom. The standard InChI is InChI=1S/C14H15F2NS/c1-8-4-5-18-14(8)10(3)17-13-7-11(15)9(2)6-12(13)16/h4-7,10,17H,1-3H3. The monoisotopic (exact) mass is 267 g/mol. The van der Waals surface area contributed by atoms with E-state index in [1.54, 1.807) is 18.3 Å². The molecule has 0 saturated carbocycles. The Bertz CT molecular complexity index is 563. The molecule has 0 radical (unpaired) electrons. The van der Waals surface area contributed by atoms with Crippen LogP contribution < -0.4 is 5.32 Å². The van der Waals surface area contributed by atoms with Gasteiger partial charge < -0.3 is 5.32 Å². The maximum Gasteiger partial charge on any atom is 0.146 e. The van der Waals surface area contributed by atoms with Crippen molar-refractivity contribution >= 4 is 17.0 Å². The van der Waals surface area contributed by atoms with Crippen LogP contribution in [-0.4, -0.2) is 0 Å². The van der Waals surface area contributed by atoms with E-state index in [-0.39, 0.29) is 11.7 Å². The van der Waals surface area contributed by atoms with Crippen LogP contribution in [0.2, 0.25) is 0 Å². The van der Waals surface area contributed by atoms with Crippen molar-refractivity contribution in [2.24, 2.45) is 0 Å². The highest BCUT2D eigenvalue weighted by atomic mass is 32.1. The summed E-state index contributed by atoms with van der Waals surface area (Å²) in [5, 5.41) is 5.01. The molecule has 1 heterocycles. The number of hydrogen-bond donors (Lipinski definition) is 1. The fraction of sp³-hybridized carbons (Fsp3) is 0.286. The molecule has 0 aliphatic heterocycles. The normalized spacial score (nSPS) is 12.5. The summed E-state index contributed by atoms with van der Waals surface area (Å²) in [6, 6.07) is 4.40. The second-order valence-electron chi connectivity index (χ2n) is 4.42. The highest BCUT2D eigenvalue weighted by Gasteiger charge is 2.13. The highest BCUT2D eigenvalue weighted by molar-refractivity contribution is 7.10. The number of aryl methyl sites for hydroxylation is 2. The van der Waals surface area contributed by atoms with Crippen LogP contribution in [-0.2, 0) is 0 Å².